The van der Waals surface area contributed by atoms with E-state index in [-0.39, 0.29) is 6.42 Å². The third-order valence-electron chi connectivity index (χ3n) is 2.60. The van der Waals surface area contributed by atoms with Gasteiger partial charge in [-0.2, -0.15) is 0 Å². The third kappa shape index (κ3) is 2.47. The summed E-state index contributed by atoms with van der Waals surface area (Å²) in [6, 6.07) is 9.31. The van der Waals surface area contributed by atoms with Crippen LogP contribution in [0.5, 0.6) is 0 Å². The van der Waals surface area contributed by atoms with Crippen molar-refractivity contribution in [1.29, 1.82) is 0 Å². The largest absolute Gasteiger partial charge is 0.481 e. The maximum absolute atomic E-state index is 10.9. The number of carboxylic acids is 1. The molecule has 0 aliphatic heterocycles. The molecule has 1 aromatic heterocycles. The Kier molecular flexibility index (Phi) is 3.14. The number of nitrogens with zero attached hydrogens (tertiary/aromatic N) is 1. The van der Waals surface area contributed by atoms with Gasteiger partial charge < -0.3 is 9.90 Å². The lowest BCUT2D eigenvalue weighted by Gasteiger charge is -2.08. The Morgan fingerprint density at radius 1 is 1.41 bits per heavy atom. The van der Waals surface area contributed by atoms with E-state index in [0.29, 0.717) is 11.8 Å². The summed E-state index contributed by atoms with van der Waals surface area (Å²) in [6.45, 7) is 0. The van der Waals surface area contributed by atoms with Gasteiger partial charge in [0.05, 0.1) is 17.9 Å². The lowest BCUT2D eigenvalue weighted by Crippen LogP contribution is -2.07. The quantitative estimate of drug-likeness (QED) is 0.814. The van der Waals surface area contributed by atoms with Crippen LogP contribution < -0.4 is 0 Å². The number of carbonyl (C=O) groups excluding carboxylic acids is 1. The molecular weight excluding hydrogens is 218 g/mol. The van der Waals surface area contributed by atoms with E-state index in [0.717, 1.165) is 10.9 Å². The predicted molar refractivity (Wildman–Crippen MR) is 62.8 cm³/mol. The van der Waals surface area contributed by atoms with Crippen LogP contribution in [0.2, 0.25) is 0 Å². The molecule has 4 nitrogen and oxygen atoms in total. The monoisotopic (exact) mass is 229 g/mol. The SMILES string of the molecule is O=CC(CC(=O)O)c1cnc2ccccc2c1. The highest BCUT2D eigenvalue weighted by Gasteiger charge is 2.15. The average molecular weight is 229 g/mol. The fourth-order valence-corrected chi connectivity index (χ4v) is 1.72. The van der Waals surface area contributed by atoms with Crippen molar-refractivity contribution < 1.29 is 14.7 Å². The smallest absolute Gasteiger partial charge is 0.304 e. The van der Waals surface area contributed by atoms with Crippen LogP contribution in [-0.2, 0) is 9.59 Å². The first-order valence-corrected chi connectivity index (χ1v) is 5.22. The van der Waals surface area contributed by atoms with Gasteiger partial charge in [-0.3, -0.25) is 9.78 Å². The van der Waals surface area contributed by atoms with E-state index in [2.05, 4.69) is 4.98 Å². The summed E-state index contributed by atoms with van der Waals surface area (Å²) in [6.07, 6.45) is 2.01. The standard InChI is InChI=1S/C13H11NO3/c15-8-11(6-13(16)17)10-5-9-3-1-2-4-12(9)14-7-10/h1-5,7-8,11H,6H2,(H,16,17). The highest BCUT2D eigenvalue weighted by Crippen LogP contribution is 2.20. The molecule has 0 saturated carbocycles. The molecule has 0 radical (unpaired) electrons. The molecule has 0 aliphatic rings. The van der Waals surface area contributed by atoms with Gasteiger partial charge in [0.15, 0.2) is 0 Å². The molecule has 1 unspecified atom stereocenters. The van der Waals surface area contributed by atoms with Gasteiger partial charge >= 0.3 is 5.97 Å². The van der Waals surface area contributed by atoms with Crippen molar-refractivity contribution in [2.75, 3.05) is 0 Å². The van der Waals surface area contributed by atoms with Crippen LogP contribution >= 0.6 is 0 Å². The van der Waals surface area contributed by atoms with Crippen molar-refractivity contribution in [3.8, 4) is 0 Å². The molecule has 0 saturated heterocycles. The van der Waals surface area contributed by atoms with Gasteiger partial charge in [-0.15, -0.1) is 0 Å². The number of para-hydroxylation sites is 1. The van der Waals surface area contributed by atoms with Crippen LogP contribution in [0.4, 0.5) is 0 Å². The number of carboxylic acid groups (broad SMARTS) is 1. The minimum Gasteiger partial charge on any atom is -0.481 e. The zero-order valence-corrected chi connectivity index (χ0v) is 9.04. The molecule has 17 heavy (non-hydrogen) atoms. The number of hydrogen-bond acceptors (Lipinski definition) is 3. The maximum Gasteiger partial charge on any atom is 0.304 e. The Hall–Kier alpha value is -2.23. The second-order valence-corrected chi connectivity index (χ2v) is 3.80. The van der Waals surface area contributed by atoms with E-state index in [4.69, 9.17) is 5.11 Å². The van der Waals surface area contributed by atoms with E-state index < -0.39 is 11.9 Å². The topological polar surface area (TPSA) is 67.3 Å². The van der Waals surface area contributed by atoms with Gasteiger partial charge in [0, 0.05) is 11.6 Å². The number of pyridine rings is 1. The minimum absolute atomic E-state index is 0.205. The first-order valence-electron chi connectivity index (χ1n) is 5.22. The van der Waals surface area contributed by atoms with Gasteiger partial charge in [-0.1, -0.05) is 18.2 Å². The number of aliphatic carboxylic acids is 1. The first kappa shape index (κ1) is 11.3. The van der Waals surface area contributed by atoms with Crippen molar-refractivity contribution in [2.45, 2.75) is 12.3 Å². The number of benzene rings is 1. The Morgan fingerprint density at radius 2 is 2.18 bits per heavy atom. The number of carbonyl (C=O) groups is 2. The Bertz CT molecular complexity index is 565. The highest BCUT2D eigenvalue weighted by atomic mass is 16.4. The van der Waals surface area contributed by atoms with E-state index >= 15 is 0 Å². The molecule has 0 aliphatic carbocycles. The van der Waals surface area contributed by atoms with Gasteiger partial charge in [0.25, 0.3) is 0 Å². The zero-order valence-electron chi connectivity index (χ0n) is 9.04. The van der Waals surface area contributed by atoms with Crippen molar-refractivity contribution in [3.05, 3.63) is 42.1 Å². The van der Waals surface area contributed by atoms with E-state index in [9.17, 15) is 9.59 Å². The summed E-state index contributed by atoms with van der Waals surface area (Å²) in [4.78, 5) is 25.7. The van der Waals surface area contributed by atoms with Crippen LogP contribution in [0, 0.1) is 0 Å². The highest BCUT2D eigenvalue weighted by molar-refractivity contribution is 5.81. The lowest BCUT2D eigenvalue weighted by molar-refractivity contribution is -0.138. The molecule has 86 valence electrons. The molecule has 0 spiro atoms. The molecule has 1 aromatic carbocycles. The zero-order chi connectivity index (χ0) is 12.3. The van der Waals surface area contributed by atoms with E-state index in [1.807, 2.05) is 30.3 Å². The molecular formula is C13H11NO3. The molecule has 0 fully saturated rings. The van der Waals surface area contributed by atoms with Gasteiger partial charge in [-0.25, -0.2) is 0 Å². The second-order valence-electron chi connectivity index (χ2n) is 3.80. The number of aldehydes is 1. The predicted octanol–water partition coefficient (Wildman–Crippen LogP) is 1.99. The summed E-state index contributed by atoms with van der Waals surface area (Å²) < 4.78 is 0. The number of fused-ring (bicyclic) bond motifs is 1. The van der Waals surface area contributed by atoms with Gasteiger partial charge in [0.2, 0.25) is 0 Å². The summed E-state index contributed by atoms with van der Waals surface area (Å²) in [5, 5.41) is 9.62. The van der Waals surface area contributed by atoms with E-state index in [1.165, 1.54) is 0 Å². The minimum atomic E-state index is -0.991. The van der Waals surface area contributed by atoms with Gasteiger partial charge in [-0.05, 0) is 17.7 Å². The van der Waals surface area contributed by atoms with Crippen LogP contribution in [0.15, 0.2) is 36.5 Å². The molecule has 0 amide bonds. The molecule has 4 heteroatoms. The molecule has 0 bridgehead atoms. The maximum atomic E-state index is 10.9. The Labute approximate surface area is 97.9 Å². The summed E-state index contributed by atoms with van der Waals surface area (Å²) in [5.74, 6) is -1.63. The molecule has 2 aromatic rings. The van der Waals surface area contributed by atoms with Crippen LogP contribution in [0.25, 0.3) is 10.9 Å². The fraction of sp³-hybridized carbons (Fsp3) is 0.154. The second kappa shape index (κ2) is 4.74. The molecule has 2 rings (SSSR count). The Morgan fingerprint density at radius 3 is 2.88 bits per heavy atom. The summed E-state index contributed by atoms with van der Waals surface area (Å²) >= 11 is 0. The van der Waals surface area contributed by atoms with E-state index in [1.54, 1.807) is 6.20 Å². The van der Waals surface area contributed by atoms with Crippen molar-refractivity contribution >= 4 is 23.2 Å². The number of aromatic nitrogens is 1. The van der Waals surface area contributed by atoms with Crippen molar-refractivity contribution in [1.82, 2.24) is 4.98 Å². The van der Waals surface area contributed by atoms with Crippen LogP contribution in [0.1, 0.15) is 17.9 Å². The third-order valence-corrected chi connectivity index (χ3v) is 2.60. The molecule has 1 N–H and O–H groups in total. The van der Waals surface area contributed by atoms with Crippen LogP contribution in [0.3, 0.4) is 0 Å². The molecule has 1 atom stereocenters. The molecule has 1 heterocycles. The van der Waals surface area contributed by atoms with Crippen LogP contribution in [-0.4, -0.2) is 22.3 Å². The first-order chi connectivity index (χ1) is 8.20. The normalized spacial score (nSPS) is 12.2. The number of rotatable bonds is 4. The Balaban J connectivity index is 2.40. The van der Waals surface area contributed by atoms with Crippen molar-refractivity contribution in [2.24, 2.45) is 0 Å². The lowest BCUT2D eigenvalue weighted by atomic mass is 9.98. The summed E-state index contributed by atoms with van der Waals surface area (Å²) in [5.41, 5.74) is 1.47. The summed E-state index contributed by atoms with van der Waals surface area (Å²) in [7, 11) is 0. The number of hydrogen-bond donors (Lipinski definition) is 1. The fourth-order valence-electron chi connectivity index (χ4n) is 1.72. The van der Waals surface area contributed by atoms with Gasteiger partial charge in [0.1, 0.15) is 6.29 Å². The average Bonchev–Trinajstić information content (AvgIpc) is 2.35. The van der Waals surface area contributed by atoms with Crippen molar-refractivity contribution in [3.63, 3.8) is 0 Å².